The average molecular weight is 461 g/mol. The zero-order valence-corrected chi connectivity index (χ0v) is 22.1. The number of hydrogen-bond acceptors (Lipinski definition) is 4. The standard InChI is InChI=1S/C29H52N2O2/c1-5-9-11-16-25-23-33-29(8-4,19-10-6-2)24-31(22-15-14-21-30-20-7-3)27-18-13-12-17-26(27)28(25)32/h12-13,17-18,25,28,30,32H,5-11,14-16,19-24H2,1-4H3. The number of nitrogens with zero attached hydrogens (tertiary/aromatic N) is 1. The molecule has 0 amide bonds. The Kier molecular flexibility index (Phi) is 13.4. The van der Waals surface area contributed by atoms with E-state index in [0.29, 0.717) is 6.61 Å². The highest BCUT2D eigenvalue weighted by molar-refractivity contribution is 5.55. The smallest absolute Gasteiger partial charge is 0.0860 e. The number of benzene rings is 1. The molecular weight excluding hydrogens is 408 g/mol. The van der Waals surface area contributed by atoms with Crippen molar-refractivity contribution in [2.45, 2.75) is 110 Å². The Morgan fingerprint density at radius 3 is 2.48 bits per heavy atom. The van der Waals surface area contributed by atoms with Gasteiger partial charge in [0.2, 0.25) is 0 Å². The van der Waals surface area contributed by atoms with Gasteiger partial charge in [-0.25, -0.2) is 0 Å². The number of aliphatic hydroxyl groups excluding tert-OH is 1. The van der Waals surface area contributed by atoms with Crippen LogP contribution < -0.4 is 10.2 Å². The van der Waals surface area contributed by atoms with Crippen molar-refractivity contribution in [3.8, 4) is 0 Å². The van der Waals surface area contributed by atoms with Crippen molar-refractivity contribution in [3.05, 3.63) is 29.8 Å². The van der Waals surface area contributed by atoms with Crippen molar-refractivity contribution in [1.82, 2.24) is 5.32 Å². The van der Waals surface area contributed by atoms with Crippen LogP contribution in [0.3, 0.4) is 0 Å². The first-order valence-corrected chi connectivity index (χ1v) is 14.0. The predicted molar refractivity (Wildman–Crippen MR) is 142 cm³/mol. The first kappa shape index (κ1) is 28.1. The molecular formula is C29H52N2O2. The molecule has 0 spiro atoms. The maximum absolute atomic E-state index is 11.5. The highest BCUT2D eigenvalue weighted by Gasteiger charge is 2.36. The molecule has 0 bridgehead atoms. The fourth-order valence-electron chi connectivity index (χ4n) is 5.13. The monoisotopic (exact) mass is 460 g/mol. The number of para-hydroxylation sites is 1. The van der Waals surface area contributed by atoms with E-state index in [1.54, 1.807) is 0 Å². The lowest BCUT2D eigenvalue weighted by molar-refractivity contribution is -0.0820. The normalized spacial score (nSPS) is 23.6. The van der Waals surface area contributed by atoms with Gasteiger partial charge in [0.25, 0.3) is 0 Å². The number of ether oxygens (including phenoxy) is 1. The third-order valence-corrected chi connectivity index (χ3v) is 7.39. The van der Waals surface area contributed by atoms with Crippen LogP contribution in [-0.2, 0) is 4.74 Å². The van der Waals surface area contributed by atoms with Crippen LogP contribution in [0.1, 0.15) is 110 Å². The van der Waals surface area contributed by atoms with E-state index in [0.717, 1.165) is 63.8 Å². The van der Waals surface area contributed by atoms with Crippen molar-refractivity contribution >= 4 is 5.69 Å². The molecule has 1 heterocycles. The molecule has 0 aromatic heterocycles. The second-order valence-corrected chi connectivity index (χ2v) is 10.1. The molecule has 3 unspecified atom stereocenters. The summed E-state index contributed by atoms with van der Waals surface area (Å²) in [6, 6.07) is 8.59. The van der Waals surface area contributed by atoms with E-state index in [1.807, 2.05) is 0 Å². The van der Waals surface area contributed by atoms with E-state index in [9.17, 15) is 5.11 Å². The average Bonchev–Trinajstić information content (AvgIpc) is 2.89. The Labute approximate surface area is 204 Å². The van der Waals surface area contributed by atoms with Crippen LogP contribution in [0.2, 0.25) is 0 Å². The van der Waals surface area contributed by atoms with Crippen LogP contribution in [0.5, 0.6) is 0 Å². The second-order valence-electron chi connectivity index (χ2n) is 10.1. The van der Waals surface area contributed by atoms with E-state index in [4.69, 9.17) is 4.74 Å². The highest BCUT2D eigenvalue weighted by Crippen LogP contribution is 2.39. The van der Waals surface area contributed by atoms with Gasteiger partial charge in [0, 0.05) is 30.3 Å². The van der Waals surface area contributed by atoms with Gasteiger partial charge in [0.1, 0.15) is 0 Å². The Bertz CT molecular complexity index is 638. The van der Waals surface area contributed by atoms with Crippen LogP contribution in [-0.4, -0.2) is 43.5 Å². The summed E-state index contributed by atoms with van der Waals surface area (Å²) in [6.07, 6.45) is 12.1. The molecule has 0 radical (unpaired) electrons. The van der Waals surface area contributed by atoms with Crippen molar-refractivity contribution < 1.29 is 9.84 Å². The lowest BCUT2D eigenvalue weighted by Gasteiger charge is -2.39. The Balaban J connectivity index is 2.30. The molecule has 3 atom stereocenters. The molecule has 4 heteroatoms. The van der Waals surface area contributed by atoms with Gasteiger partial charge in [-0.3, -0.25) is 0 Å². The molecule has 190 valence electrons. The maximum atomic E-state index is 11.5. The first-order chi connectivity index (χ1) is 16.1. The summed E-state index contributed by atoms with van der Waals surface area (Å²) in [4.78, 5) is 2.53. The van der Waals surface area contributed by atoms with Gasteiger partial charge >= 0.3 is 0 Å². The third-order valence-electron chi connectivity index (χ3n) is 7.39. The van der Waals surface area contributed by atoms with Gasteiger partial charge in [-0.1, -0.05) is 78.0 Å². The molecule has 1 aromatic rings. The Hall–Kier alpha value is -1.10. The van der Waals surface area contributed by atoms with E-state index in [-0.39, 0.29) is 11.5 Å². The van der Waals surface area contributed by atoms with Gasteiger partial charge in [0.15, 0.2) is 0 Å². The van der Waals surface area contributed by atoms with Gasteiger partial charge in [-0.2, -0.15) is 0 Å². The highest BCUT2D eigenvalue weighted by atomic mass is 16.5. The molecule has 0 saturated heterocycles. The molecule has 0 saturated carbocycles. The number of unbranched alkanes of at least 4 members (excludes halogenated alkanes) is 4. The van der Waals surface area contributed by atoms with Gasteiger partial charge < -0.3 is 20.1 Å². The van der Waals surface area contributed by atoms with Crippen LogP contribution in [0.15, 0.2) is 24.3 Å². The minimum absolute atomic E-state index is 0.142. The second kappa shape index (κ2) is 15.7. The molecule has 0 fully saturated rings. The quantitative estimate of drug-likeness (QED) is 0.280. The summed E-state index contributed by atoms with van der Waals surface area (Å²) in [5.74, 6) is 0.156. The summed E-state index contributed by atoms with van der Waals surface area (Å²) in [5.41, 5.74) is 2.16. The fourth-order valence-corrected chi connectivity index (χ4v) is 5.13. The number of anilines is 1. The summed E-state index contributed by atoms with van der Waals surface area (Å²) in [5, 5.41) is 15.1. The van der Waals surface area contributed by atoms with Crippen molar-refractivity contribution in [2.75, 3.05) is 37.7 Å². The minimum atomic E-state index is -0.467. The predicted octanol–water partition coefficient (Wildman–Crippen LogP) is 6.87. The molecule has 2 rings (SSSR count). The minimum Gasteiger partial charge on any atom is -0.388 e. The summed E-state index contributed by atoms with van der Waals surface area (Å²) in [7, 11) is 0. The van der Waals surface area contributed by atoms with E-state index >= 15 is 0 Å². The Morgan fingerprint density at radius 2 is 1.76 bits per heavy atom. The molecule has 1 aliphatic rings. The zero-order chi connectivity index (χ0) is 23.9. The number of fused-ring (bicyclic) bond motifs is 1. The van der Waals surface area contributed by atoms with Gasteiger partial charge in [0.05, 0.1) is 18.3 Å². The number of aliphatic hydroxyl groups is 1. The number of hydrogen-bond donors (Lipinski definition) is 2. The van der Waals surface area contributed by atoms with Crippen LogP contribution in [0, 0.1) is 5.92 Å². The SMILES string of the molecule is CCCCCC1COC(CC)(CCCC)CN(CCCCNCCC)c2ccccc2C1O. The molecule has 2 N–H and O–H groups in total. The Morgan fingerprint density at radius 1 is 0.970 bits per heavy atom. The van der Waals surface area contributed by atoms with E-state index < -0.39 is 6.10 Å². The van der Waals surface area contributed by atoms with Gasteiger partial charge in [-0.15, -0.1) is 0 Å². The van der Waals surface area contributed by atoms with Crippen molar-refractivity contribution in [1.29, 1.82) is 0 Å². The lowest BCUT2D eigenvalue weighted by atomic mass is 9.90. The lowest BCUT2D eigenvalue weighted by Crippen LogP contribution is -2.46. The van der Waals surface area contributed by atoms with Gasteiger partial charge in [-0.05, 0) is 57.7 Å². The van der Waals surface area contributed by atoms with Crippen LogP contribution in [0.25, 0.3) is 0 Å². The number of nitrogens with one attached hydrogen (secondary N) is 1. The summed E-state index contributed by atoms with van der Waals surface area (Å²) >= 11 is 0. The third kappa shape index (κ3) is 8.88. The summed E-state index contributed by atoms with van der Waals surface area (Å²) < 4.78 is 6.82. The zero-order valence-electron chi connectivity index (χ0n) is 22.1. The molecule has 1 aromatic carbocycles. The van der Waals surface area contributed by atoms with Crippen LogP contribution >= 0.6 is 0 Å². The fraction of sp³-hybridized carbons (Fsp3) is 0.793. The first-order valence-electron chi connectivity index (χ1n) is 14.0. The molecule has 4 nitrogen and oxygen atoms in total. The van der Waals surface area contributed by atoms with E-state index in [2.05, 4.69) is 62.2 Å². The summed E-state index contributed by atoms with van der Waals surface area (Å²) in [6.45, 7) is 13.8. The molecule has 33 heavy (non-hydrogen) atoms. The van der Waals surface area contributed by atoms with Crippen molar-refractivity contribution in [3.63, 3.8) is 0 Å². The van der Waals surface area contributed by atoms with Crippen molar-refractivity contribution in [2.24, 2.45) is 5.92 Å². The largest absolute Gasteiger partial charge is 0.388 e. The number of rotatable bonds is 15. The van der Waals surface area contributed by atoms with Crippen LogP contribution in [0.4, 0.5) is 5.69 Å². The molecule has 1 aliphatic heterocycles. The van der Waals surface area contributed by atoms with E-state index in [1.165, 1.54) is 44.2 Å². The topological polar surface area (TPSA) is 44.7 Å². The maximum Gasteiger partial charge on any atom is 0.0860 e. The molecule has 0 aliphatic carbocycles.